The summed E-state index contributed by atoms with van der Waals surface area (Å²) < 4.78 is 0. The number of aliphatic hydroxyl groups excluding tert-OH is 1. The van der Waals surface area contributed by atoms with Crippen LogP contribution in [0.5, 0.6) is 0 Å². The Morgan fingerprint density at radius 1 is 0.871 bits per heavy atom. The standard InChI is InChI=1S/C30H50O/c1-18(2)20(4)30(7)17-27(30)19(3)24-10-11-25-23-9-8-21-16-22(31)12-14-28(21,5)26(23)13-15-29(24,25)6/h9,18-22,24-27,31H,8,10-17H2,1-7H3/t19-,20+,21-,22-,24+,25-,26-,27+,28-,29+,30+/m0/s1. The summed E-state index contributed by atoms with van der Waals surface area (Å²) in [6.45, 7) is 17.9. The summed E-state index contributed by atoms with van der Waals surface area (Å²) in [7, 11) is 0. The minimum absolute atomic E-state index is 0.0420. The smallest absolute Gasteiger partial charge is 0.0543 e. The lowest BCUT2D eigenvalue weighted by Crippen LogP contribution is -2.50. The molecule has 0 saturated heterocycles. The minimum atomic E-state index is -0.0420. The van der Waals surface area contributed by atoms with E-state index in [4.69, 9.17) is 0 Å². The van der Waals surface area contributed by atoms with Gasteiger partial charge < -0.3 is 5.11 Å². The van der Waals surface area contributed by atoms with Gasteiger partial charge in [0.15, 0.2) is 0 Å². The van der Waals surface area contributed by atoms with Crippen molar-refractivity contribution >= 4 is 0 Å². The highest BCUT2D eigenvalue weighted by Crippen LogP contribution is 2.71. The molecule has 5 aliphatic rings. The summed E-state index contributed by atoms with van der Waals surface area (Å²) >= 11 is 0. The Morgan fingerprint density at radius 2 is 1.55 bits per heavy atom. The van der Waals surface area contributed by atoms with Crippen molar-refractivity contribution in [2.45, 2.75) is 112 Å². The molecule has 0 aliphatic heterocycles. The Hall–Kier alpha value is -0.300. The van der Waals surface area contributed by atoms with Gasteiger partial charge >= 0.3 is 0 Å². The van der Waals surface area contributed by atoms with Crippen molar-refractivity contribution in [3.05, 3.63) is 11.6 Å². The molecule has 4 fully saturated rings. The lowest BCUT2D eigenvalue weighted by atomic mass is 9.47. The summed E-state index contributed by atoms with van der Waals surface area (Å²) in [6, 6.07) is 0. The van der Waals surface area contributed by atoms with E-state index in [2.05, 4.69) is 54.5 Å². The number of fused-ring (bicyclic) bond motifs is 5. The summed E-state index contributed by atoms with van der Waals surface area (Å²) in [6.07, 6.45) is 14.5. The van der Waals surface area contributed by atoms with E-state index < -0.39 is 0 Å². The first-order valence-electron chi connectivity index (χ1n) is 13.9. The molecule has 0 aromatic heterocycles. The van der Waals surface area contributed by atoms with E-state index in [-0.39, 0.29) is 6.10 Å². The van der Waals surface area contributed by atoms with E-state index in [0.717, 1.165) is 60.2 Å². The van der Waals surface area contributed by atoms with Crippen LogP contribution >= 0.6 is 0 Å². The molecule has 0 heterocycles. The maximum Gasteiger partial charge on any atom is 0.0543 e. The Morgan fingerprint density at radius 3 is 2.26 bits per heavy atom. The third-order valence-corrected chi connectivity index (χ3v) is 12.8. The molecule has 11 atom stereocenters. The highest BCUT2D eigenvalue weighted by molar-refractivity contribution is 5.28. The summed E-state index contributed by atoms with van der Waals surface area (Å²) in [5.74, 6) is 6.77. The first-order chi connectivity index (χ1) is 14.5. The van der Waals surface area contributed by atoms with Gasteiger partial charge in [-0.05, 0) is 121 Å². The third-order valence-electron chi connectivity index (χ3n) is 12.8. The molecule has 5 rings (SSSR count). The molecule has 0 aromatic rings. The molecule has 1 N–H and O–H groups in total. The maximum atomic E-state index is 10.3. The molecule has 0 radical (unpaired) electrons. The summed E-state index contributed by atoms with van der Waals surface area (Å²) in [5.41, 5.74) is 3.46. The molecule has 0 spiro atoms. The van der Waals surface area contributed by atoms with Crippen LogP contribution in [0.15, 0.2) is 11.6 Å². The largest absolute Gasteiger partial charge is 0.393 e. The van der Waals surface area contributed by atoms with Crippen molar-refractivity contribution in [2.75, 3.05) is 0 Å². The second kappa shape index (κ2) is 7.35. The molecule has 0 amide bonds. The molecule has 0 bridgehead atoms. The Balaban J connectivity index is 1.36. The van der Waals surface area contributed by atoms with Gasteiger partial charge in [0.1, 0.15) is 0 Å². The van der Waals surface area contributed by atoms with Crippen LogP contribution in [0.3, 0.4) is 0 Å². The zero-order valence-electron chi connectivity index (χ0n) is 21.6. The van der Waals surface area contributed by atoms with Crippen LogP contribution in [0.25, 0.3) is 0 Å². The average molecular weight is 427 g/mol. The third kappa shape index (κ3) is 3.18. The highest BCUT2D eigenvalue weighted by Gasteiger charge is 2.63. The zero-order valence-corrected chi connectivity index (χ0v) is 21.6. The SMILES string of the molecule is CC(C)[C@@H](C)[C@@]1(C)C[C@@H]1[C@@H](C)[C@H]1CC[C@H]2C3=CC[C@H]4C[C@@H](O)CC[C@]4(C)[C@H]3CC[C@]12C. The van der Waals surface area contributed by atoms with Gasteiger partial charge in [0.05, 0.1) is 6.10 Å². The number of hydrogen-bond donors (Lipinski definition) is 1. The lowest BCUT2D eigenvalue weighted by Gasteiger charge is -2.58. The molecule has 4 saturated carbocycles. The van der Waals surface area contributed by atoms with Gasteiger partial charge in [0.2, 0.25) is 0 Å². The van der Waals surface area contributed by atoms with Crippen molar-refractivity contribution in [2.24, 2.45) is 63.6 Å². The van der Waals surface area contributed by atoms with Crippen molar-refractivity contribution in [3.63, 3.8) is 0 Å². The van der Waals surface area contributed by atoms with Crippen LogP contribution in [0.1, 0.15) is 106 Å². The van der Waals surface area contributed by atoms with Gasteiger partial charge in [-0.25, -0.2) is 0 Å². The van der Waals surface area contributed by atoms with E-state index in [9.17, 15) is 5.11 Å². The van der Waals surface area contributed by atoms with Crippen LogP contribution in [-0.4, -0.2) is 11.2 Å². The number of rotatable bonds is 4. The van der Waals surface area contributed by atoms with Crippen LogP contribution in [0.4, 0.5) is 0 Å². The summed E-state index contributed by atoms with van der Waals surface area (Å²) in [5, 5.41) is 10.3. The van der Waals surface area contributed by atoms with Crippen molar-refractivity contribution in [1.82, 2.24) is 0 Å². The Labute approximate surface area is 192 Å². The number of aliphatic hydroxyl groups is 1. The zero-order chi connectivity index (χ0) is 22.3. The molecule has 1 heteroatoms. The van der Waals surface area contributed by atoms with Gasteiger partial charge in [0.25, 0.3) is 0 Å². The Bertz CT molecular complexity index is 737. The predicted octanol–water partition coefficient (Wildman–Crippen LogP) is 7.88. The Kier molecular flexibility index (Phi) is 5.33. The predicted molar refractivity (Wildman–Crippen MR) is 131 cm³/mol. The summed E-state index contributed by atoms with van der Waals surface area (Å²) in [4.78, 5) is 0. The van der Waals surface area contributed by atoms with E-state index in [1.54, 1.807) is 0 Å². The van der Waals surface area contributed by atoms with E-state index in [0.29, 0.717) is 16.2 Å². The van der Waals surface area contributed by atoms with Crippen LogP contribution in [0.2, 0.25) is 0 Å². The fraction of sp³-hybridized carbons (Fsp3) is 0.933. The number of hydrogen-bond acceptors (Lipinski definition) is 1. The van der Waals surface area contributed by atoms with Gasteiger partial charge in [-0.3, -0.25) is 0 Å². The van der Waals surface area contributed by atoms with E-state index in [1.165, 1.54) is 44.9 Å². The fourth-order valence-corrected chi connectivity index (χ4v) is 10.2. The highest BCUT2D eigenvalue weighted by atomic mass is 16.3. The average Bonchev–Trinajstić information content (AvgIpc) is 3.29. The molecule has 5 aliphatic carbocycles. The van der Waals surface area contributed by atoms with Gasteiger partial charge in [-0.15, -0.1) is 0 Å². The van der Waals surface area contributed by atoms with Crippen molar-refractivity contribution in [3.8, 4) is 0 Å². The van der Waals surface area contributed by atoms with E-state index in [1.807, 2.05) is 5.57 Å². The maximum absolute atomic E-state index is 10.3. The van der Waals surface area contributed by atoms with Crippen LogP contribution < -0.4 is 0 Å². The van der Waals surface area contributed by atoms with Gasteiger partial charge in [0, 0.05) is 0 Å². The molecule has 0 aromatic carbocycles. The monoisotopic (exact) mass is 426 g/mol. The van der Waals surface area contributed by atoms with Crippen molar-refractivity contribution < 1.29 is 5.11 Å². The molecule has 0 unspecified atom stereocenters. The molecule has 176 valence electrons. The van der Waals surface area contributed by atoms with Crippen molar-refractivity contribution in [1.29, 1.82) is 0 Å². The second-order valence-electron chi connectivity index (χ2n) is 14.1. The van der Waals surface area contributed by atoms with Crippen LogP contribution in [0, 0.1) is 63.6 Å². The second-order valence-corrected chi connectivity index (χ2v) is 14.1. The lowest BCUT2D eigenvalue weighted by molar-refractivity contribution is -0.0436. The molecule has 31 heavy (non-hydrogen) atoms. The topological polar surface area (TPSA) is 20.2 Å². The minimum Gasteiger partial charge on any atom is -0.393 e. The normalized spacial score (nSPS) is 53.3. The van der Waals surface area contributed by atoms with Gasteiger partial charge in [-0.1, -0.05) is 60.1 Å². The van der Waals surface area contributed by atoms with Gasteiger partial charge in [-0.2, -0.15) is 0 Å². The molecular weight excluding hydrogens is 376 g/mol. The first-order valence-corrected chi connectivity index (χ1v) is 13.9. The first kappa shape index (κ1) is 22.5. The quantitative estimate of drug-likeness (QED) is 0.453. The number of allylic oxidation sites excluding steroid dienone is 2. The van der Waals surface area contributed by atoms with Crippen LogP contribution in [-0.2, 0) is 0 Å². The molecular formula is C30H50O. The van der Waals surface area contributed by atoms with E-state index >= 15 is 0 Å². The molecule has 1 nitrogen and oxygen atoms in total. The fourth-order valence-electron chi connectivity index (χ4n) is 10.2.